The number of fused-ring (bicyclic) bond motifs is 1. The Morgan fingerprint density at radius 2 is 2.25 bits per heavy atom. The largest absolute Gasteiger partial charge is 0.440 e. The monoisotopic (exact) mass is 272 g/mol. The van der Waals surface area contributed by atoms with Crippen molar-refractivity contribution in [1.29, 1.82) is 0 Å². The van der Waals surface area contributed by atoms with Crippen LogP contribution < -0.4 is 5.32 Å². The SMILES string of the molecule is CC(C)c1nc2cc(NC(=O)c3nn[nH]n3)ccc2o1. The van der Waals surface area contributed by atoms with Gasteiger partial charge < -0.3 is 9.73 Å². The molecular weight excluding hydrogens is 260 g/mol. The molecule has 0 saturated carbocycles. The first-order valence-electron chi connectivity index (χ1n) is 6.09. The lowest BCUT2D eigenvalue weighted by molar-refractivity contribution is 0.101. The van der Waals surface area contributed by atoms with E-state index in [2.05, 4.69) is 30.9 Å². The molecule has 0 aliphatic heterocycles. The normalized spacial score (nSPS) is 11.2. The maximum absolute atomic E-state index is 11.8. The number of hydrogen-bond acceptors (Lipinski definition) is 6. The third-order valence-electron chi connectivity index (χ3n) is 2.70. The molecular formula is C12H12N6O2. The number of aromatic amines is 1. The lowest BCUT2D eigenvalue weighted by Crippen LogP contribution is -2.13. The molecule has 3 aromatic rings. The number of H-pyrrole nitrogens is 1. The van der Waals surface area contributed by atoms with Gasteiger partial charge in [-0.1, -0.05) is 13.8 Å². The van der Waals surface area contributed by atoms with Crippen molar-refractivity contribution in [1.82, 2.24) is 25.6 Å². The molecule has 0 saturated heterocycles. The fraction of sp³-hybridized carbons (Fsp3) is 0.250. The summed E-state index contributed by atoms with van der Waals surface area (Å²) >= 11 is 0. The second-order valence-electron chi connectivity index (χ2n) is 4.58. The minimum atomic E-state index is -0.439. The molecule has 0 atom stereocenters. The van der Waals surface area contributed by atoms with Crippen LogP contribution in [0.5, 0.6) is 0 Å². The van der Waals surface area contributed by atoms with Crippen LogP contribution in [-0.2, 0) is 0 Å². The summed E-state index contributed by atoms with van der Waals surface area (Å²) in [5.41, 5.74) is 1.97. The topological polar surface area (TPSA) is 110 Å². The summed E-state index contributed by atoms with van der Waals surface area (Å²) in [5, 5.41) is 15.4. The molecule has 1 aromatic carbocycles. The number of amides is 1. The maximum atomic E-state index is 11.8. The molecule has 102 valence electrons. The van der Waals surface area contributed by atoms with Crippen LogP contribution >= 0.6 is 0 Å². The Hall–Kier alpha value is -2.77. The fourth-order valence-electron chi connectivity index (χ4n) is 1.71. The summed E-state index contributed by atoms with van der Waals surface area (Å²) in [4.78, 5) is 16.2. The van der Waals surface area contributed by atoms with E-state index in [0.717, 1.165) is 0 Å². The third-order valence-corrected chi connectivity index (χ3v) is 2.70. The van der Waals surface area contributed by atoms with E-state index in [4.69, 9.17) is 4.42 Å². The number of benzene rings is 1. The molecule has 2 heterocycles. The quantitative estimate of drug-likeness (QED) is 0.751. The molecule has 2 aromatic heterocycles. The summed E-state index contributed by atoms with van der Waals surface area (Å²) in [5.74, 6) is 0.417. The van der Waals surface area contributed by atoms with Crippen molar-refractivity contribution < 1.29 is 9.21 Å². The van der Waals surface area contributed by atoms with Gasteiger partial charge in [0, 0.05) is 11.6 Å². The van der Waals surface area contributed by atoms with Crippen molar-refractivity contribution in [3.05, 3.63) is 29.9 Å². The van der Waals surface area contributed by atoms with Gasteiger partial charge in [0.25, 0.3) is 11.7 Å². The number of oxazole rings is 1. The van der Waals surface area contributed by atoms with Crippen LogP contribution in [0.15, 0.2) is 22.6 Å². The molecule has 0 unspecified atom stereocenters. The molecule has 2 N–H and O–H groups in total. The fourth-order valence-corrected chi connectivity index (χ4v) is 1.71. The van der Waals surface area contributed by atoms with E-state index in [-0.39, 0.29) is 11.7 Å². The van der Waals surface area contributed by atoms with Crippen molar-refractivity contribution >= 4 is 22.7 Å². The zero-order valence-electron chi connectivity index (χ0n) is 10.9. The minimum Gasteiger partial charge on any atom is -0.440 e. The van der Waals surface area contributed by atoms with E-state index < -0.39 is 5.91 Å². The average Bonchev–Trinajstić information content (AvgIpc) is 3.07. The highest BCUT2D eigenvalue weighted by Crippen LogP contribution is 2.23. The van der Waals surface area contributed by atoms with Crippen LogP contribution in [0.1, 0.15) is 36.3 Å². The molecule has 0 bridgehead atoms. The van der Waals surface area contributed by atoms with E-state index >= 15 is 0 Å². The van der Waals surface area contributed by atoms with Gasteiger partial charge in [-0.2, -0.15) is 5.21 Å². The van der Waals surface area contributed by atoms with Crippen molar-refractivity contribution in [2.24, 2.45) is 0 Å². The van der Waals surface area contributed by atoms with Gasteiger partial charge >= 0.3 is 0 Å². The standard InChI is InChI=1S/C12H12N6O2/c1-6(2)12-14-8-5-7(3-4-9(8)20-12)13-11(19)10-15-17-18-16-10/h3-6H,1-2H3,(H,13,19)(H,15,16,17,18). The van der Waals surface area contributed by atoms with Crippen LogP contribution in [0, 0.1) is 0 Å². The zero-order valence-corrected chi connectivity index (χ0v) is 10.9. The highest BCUT2D eigenvalue weighted by Gasteiger charge is 2.13. The Morgan fingerprint density at radius 3 is 2.95 bits per heavy atom. The Morgan fingerprint density at radius 1 is 1.40 bits per heavy atom. The molecule has 0 fully saturated rings. The van der Waals surface area contributed by atoms with E-state index in [1.165, 1.54) is 0 Å². The minimum absolute atomic E-state index is 0.0203. The molecule has 0 aliphatic carbocycles. The highest BCUT2D eigenvalue weighted by molar-refractivity contribution is 6.02. The van der Waals surface area contributed by atoms with Crippen molar-refractivity contribution in [3.63, 3.8) is 0 Å². The van der Waals surface area contributed by atoms with E-state index in [0.29, 0.717) is 22.7 Å². The number of nitrogens with zero attached hydrogens (tertiary/aromatic N) is 4. The average molecular weight is 272 g/mol. The van der Waals surface area contributed by atoms with E-state index in [1.807, 2.05) is 13.8 Å². The van der Waals surface area contributed by atoms with Crippen molar-refractivity contribution in [2.75, 3.05) is 5.32 Å². The summed E-state index contributed by atoms with van der Waals surface area (Å²) in [6.45, 7) is 4.01. The summed E-state index contributed by atoms with van der Waals surface area (Å²) in [6.07, 6.45) is 0. The van der Waals surface area contributed by atoms with Gasteiger partial charge in [-0.15, -0.1) is 10.2 Å². The van der Waals surface area contributed by atoms with E-state index in [9.17, 15) is 4.79 Å². The number of carbonyl (C=O) groups is 1. The lowest BCUT2D eigenvalue weighted by atomic mass is 10.2. The smallest absolute Gasteiger partial charge is 0.297 e. The number of carbonyl (C=O) groups excluding carboxylic acids is 1. The first-order chi connectivity index (χ1) is 9.63. The molecule has 0 spiro atoms. The van der Waals surface area contributed by atoms with E-state index in [1.54, 1.807) is 18.2 Å². The Bertz CT molecular complexity index is 746. The number of hydrogen-bond donors (Lipinski definition) is 2. The molecule has 0 radical (unpaired) electrons. The Labute approximate surface area is 113 Å². The number of nitrogens with one attached hydrogen (secondary N) is 2. The van der Waals surface area contributed by atoms with Gasteiger partial charge in [0.1, 0.15) is 5.52 Å². The van der Waals surface area contributed by atoms with Gasteiger partial charge in [-0.05, 0) is 23.4 Å². The number of aromatic nitrogens is 5. The summed E-state index contributed by atoms with van der Waals surface area (Å²) < 4.78 is 5.60. The lowest BCUT2D eigenvalue weighted by Gasteiger charge is -2.00. The van der Waals surface area contributed by atoms with Gasteiger partial charge in [0.15, 0.2) is 11.5 Å². The van der Waals surface area contributed by atoms with Gasteiger partial charge in [0.2, 0.25) is 0 Å². The number of anilines is 1. The van der Waals surface area contributed by atoms with Crippen LogP contribution in [0.4, 0.5) is 5.69 Å². The molecule has 8 heteroatoms. The van der Waals surface area contributed by atoms with Crippen LogP contribution in [0.25, 0.3) is 11.1 Å². The van der Waals surface area contributed by atoms with Crippen LogP contribution in [0.3, 0.4) is 0 Å². The van der Waals surface area contributed by atoms with Crippen molar-refractivity contribution in [3.8, 4) is 0 Å². The Balaban J connectivity index is 1.87. The molecule has 8 nitrogen and oxygen atoms in total. The van der Waals surface area contributed by atoms with Crippen molar-refractivity contribution in [2.45, 2.75) is 19.8 Å². The third kappa shape index (κ3) is 2.22. The van der Waals surface area contributed by atoms with Crippen LogP contribution in [-0.4, -0.2) is 31.5 Å². The first kappa shape index (κ1) is 12.3. The summed E-state index contributed by atoms with van der Waals surface area (Å²) in [6, 6.07) is 5.23. The number of rotatable bonds is 3. The Kier molecular flexibility index (Phi) is 2.90. The molecule has 0 aliphatic rings. The van der Waals surface area contributed by atoms with Crippen LogP contribution in [0.2, 0.25) is 0 Å². The van der Waals surface area contributed by atoms with Gasteiger partial charge in [-0.25, -0.2) is 4.98 Å². The molecule has 3 rings (SSSR count). The molecule has 1 amide bonds. The maximum Gasteiger partial charge on any atom is 0.297 e. The molecule has 20 heavy (non-hydrogen) atoms. The predicted molar refractivity (Wildman–Crippen MR) is 70.2 cm³/mol. The second kappa shape index (κ2) is 4.72. The summed E-state index contributed by atoms with van der Waals surface area (Å²) in [7, 11) is 0. The number of tetrazole rings is 1. The zero-order chi connectivity index (χ0) is 14.1. The van der Waals surface area contributed by atoms with Gasteiger partial charge in [0.05, 0.1) is 0 Å². The highest BCUT2D eigenvalue weighted by atomic mass is 16.3. The first-order valence-corrected chi connectivity index (χ1v) is 6.09. The van der Waals surface area contributed by atoms with Gasteiger partial charge in [-0.3, -0.25) is 4.79 Å². The predicted octanol–water partition coefficient (Wildman–Crippen LogP) is 1.72. The second-order valence-corrected chi connectivity index (χ2v) is 4.58.